The zero-order valence-corrected chi connectivity index (χ0v) is 8.15. The van der Waals surface area contributed by atoms with Gasteiger partial charge in [-0.2, -0.15) is 0 Å². The lowest BCUT2D eigenvalue weighted by molar-refractivity contribution is 1.50. The Kier molecular flexibility index (Phi) is 2.10. The van der Waals surface area contributed by atoms with Gasteiger partial charge in [-0.1, -0.05) is 30.3 Å². The highest BCUT2D eigenvalue weighted by atomic mass is 35.5. The van der Waals surface area contributed by atoms with E-state index in [4.69, 9.17) is 23.2 Å². The summed E-state index contributed by atoms with van der Waals surface area (Å²) in [5, 5.41) is 1.73. The molecule has 0 bridgehead atoms. The Labute approximate surface area is 77.3 Å². The van der Waals surface area contributed by atoms with Crippen molar-refractivity contribution in [1.82, 2.24) is 0 Å². The summed E-state index contributed by atoms with van der Waals surface area (Å²) in [5.41, 5.74) is 0. The van der Waals surface area contributed by atoms with Crippen LogP contribution in [0.1, 0.15) is 0 Å². The van der Waals surface area contributed by atoms with Gasteiger partial charge in [-0.15, -0.1) is 23.2 Å². The molecule has 1 aromatic carbocycles. The van der Waals surface area contributed by atoms with E-state index in [1.54, 1.807) is 0 Å². The highest BCUT2D eigenvalue weighted by molar-refractivity contribution is 7.78. The second-order valence-corrected chi connectivity index (χ2v) is 6.48. The summed E-state index contributed by atoms with van der Waals surface area (Å²) in [6, 6.07) is 10.3. The van der Waals surface area contributed by atoms with Crippen LogP contribution in [-0.4, -0.2) is 10.2 Å². The second-order valence-electron chi connectivity index (χ2n) is 2.49. The second kappa shape index (κ2) is 2.94. The fraction of sp³-hybridized carbons (Fsp3) is 0.250. The third-order valence-electron chi connectivity index (χ3n) is 1.72. The Bertz CT molecular complexity index is 242. The molecule has 1 aliphatic rings. The molecule has 1 unspecified atom stereocenters. The van der Waals surface area contributed by atoms with Crippen molar-refractivity contribution in [2.24, 2.45) is 0 Å². The summed E-state index contributed by atoms with van der Waals surface area (Å²) < 4.78 is 0. The van der Waals surface area contributed by atoms with E-state index in [9.17, 15) is 0 Å². The smallest absolute Gasteiger partial charge is 0.0795 e. The Hall–Kier alpha value is 0.230. The van der Waals surface area contributed by atoms with Gasteiger partial charge in [0.15, 0.2) is 0 Å². The summed E-state index contributed by atoms with van der Waals surface area (Å²) in [4.78, 5) is 0. The van der Waals surface area contributed by atoms with E-state index in [0.29, 0.717) is 0 Å². The number of rotatable bonds is 1. The molecule has 11 heavy (non-hydrogen) atoms. The van der Waals surface area contributed by atoms with Gasteiger partial charge in [0.1, 0.15) is 0 Å². The minimum Gasteiger partial charge on any atom is -0.115 e. The van der Waals surface area contributed by atoms with E-state index in [0.717, 1.165) is 0 Å². The van der Waals surface area contributed by atoms with Crippen LogP contribution in [0.4, 0.5) is 0 Å². The van der Waals surface area contributed by atoms with Crippen LogP contribution >= 0.6 is 31.1 Å². The van der Waals surface area contributed by atoms with E-state index in [1.165, 1.54) is 5.30 Å². The van der Waals surface area contributed by atoms with Crippen molar-refractivity contribution in [2.75, 3.05) is 0 Å². The Morgan fingerprint density at radius 3 is 2.00 bits per heavy atom. The molecular weight excluding hydrogens is 198 g/mol. The zero-order chi connectivity index (χ0) is 7.84. The first kappa shape index (κ1) is 7.86. The molecule has 1 saturated heterocycles. The largest absolute Gasteiger partial charge is 0.115 e. The van der Waals surface area contributed by atoms with Gasteiger partial charge in [0, 0.05) is 0 Å². The molecule has 0 N–H and O–H groups in total. The van der Waals surface area contributed by atoms with Crippen molar-refractivity contribution in [1.29, 1.82) is 0 Å². The average molecular weight is 205 g/mol. The molecule has 0 spiro atoms. The van der Waals surface area contributed by atoms with Crippen LogP contribution in [0.15, 0.2) is 30.3 Å². The van der Waals surface area contributed by atoms with Crippen molar-refractivity contribution in [3.05, 3.63) is 30.3 Å². The lowest BCUT2D eigenvalue weighted by Crippen LogP contribution is -1.90. The van der Waals surface area contributed by atoms with E-state index in [2.05, 4.69) is 12.1 Å². The molecular formula is C8H7Cl2P. The molecule has 0 amide bonds. The Balaban J connectivity index is 2.20. The molecule has 1 fully saturated rings. The molecule has 58 valence electrons. The van der Waals surface area contributed by atoms with E-state index >= 15 is 0 Å². The molecule has 2 rings (SSSR count). The normalized spacial score (nSPS) is 35.3. The first-order valence-corrected chi connectivity index (χ1v) is 5.77. The molecule has 3 heteroatoms. The van der Waals surface area contributed by atoms with Gasteiger partial charge in [-0.3, -0.25) is 0 Å². The maximum atomic E-state index is 5.93. The number of halogens is 2. The van der Waals surface area contributed by atoms with Crippen LogP contribution in [0.25, 0.3) is 0 Å². The van der Waals surface area contributed by atoms with E-state index < -0.39 is 0 Å². The predicted molar refractivity (Wildman–Crippen MR) is 52.3 cm³/mol. The first-order valence-electron chi connectivity index (χ1n) is 3.42. The molecule has 0 radical (unpaired) electrons. The lowest BCUT2D eigenvalue weighted by atomic mass is 10.4. The minimum absolute atomic E-state index is 0.203. The van der Waals surface area contributed by atoms with Crippen LogP contribution in [0, 0.1) is 0 Å². The van der Waals surface area contributed by atoms with Crippen molar-refractivity contribution in [3.63, 3.8) is 0 Å². The fourth-order valence-electron chi connectivity index (χ4n) is 1.06. The molecule has 0 aromatic heterocycles. The molecule has 3 atom stereocenters. The average Bonchev–Trinajstić information content (AvgIpc) is 2.62. The van der Waals surface area contributed by atoms with Gasteiger partial charge in [0.25, 0.3) is 0 Å². The minimum atomic E-state index is -0.237. The van der Waals surface area contributed by atoms with Crippen LogP contribution in [0.5, 0.6) is 0 Å². The quantitative estimate of drug-likeness (QED) is 0.488. The third-order valence-corrected chi connectivity index (χ3v) is 6.18. The van der Waals surface area contributed by atoms with Crippen molar-refractivity contribution >= 4 is 36.4 Å². The highest BCUT2D eigenvalue weighted by Crippen LogP contribution is 2.69. The van der Waals surface area contributed by atoms with Crippen LogP contribution < -0.4 is 5.30 Å². The summed E-state index contributed by atoms with van der Waals surface area (Å²) >= 11 is 11.9. The van der Waals surface area contributed by atoms with Gasteiger partial charge in [-0.05, 0) is 13.2 Å². The predicted octanol–water partition coefficient (Wildman–Crippen LogP) is 2.94. The highest BCUT2D eigenvalue weighted by Gasteiger charge is 2.48. The zero-order valence-electron chi connectivity index (χ0n) is 5.74. The van der Waals surface area contributed by atoms with Crippen molar-refractivity contribution < 1.29 is 0 Å². The summed E-state index contributed by atoms with van der Waals surface area (Å²) in [6.07, 6.45) is 0. The Morgan fingerprint density at radius 2 is 1.55 bits per heavy atom. The lowest BCUT2D eigenvalue weighted by Gasteiger charge is -1.94. The van der Waals surface area contributed by atoms with Gasteiger partial charge >= 0.3 is 0 Å². The van der Waals surface area contributed by atoms with Crippen molar-refractivity contribution in [3.8, 4) is 0 Å². The monoisotopic (exact) mass is 204 g/mol. The summed E-state index contributed by atoms with van der Waals surface area (Å²) in [6.45, 7) is 0. The topological polar surface area (TPSA) is 0 Å². The maximum absolute atomic E-state index is 5.93. The third kappa shape index (κ3) is 1.40. The Morgan fingerprint density at radius 1 is 1.00 bits per heavy atom. The summed E-state index contributed by atoms with van der Waals surface area (Å²) in [5.74, 6) is 0. The van der Waals surface area contributed by atoms with Gasteiger partial charge in [-0.25, -0.2) is 0 Å². The van der Waals surface area contributed by atoms with Gasteiger partial charge in [0.05, 0.1) is 10.2 Å². The molecule has 1 heterocycles. The molecule has 0 aliphatic carbocycles. The van der Waals surface area contributed by atoms with Gasteiger partial charge in [0.2, 0.25) is 0 Å². The molecule has 0 saturated carbocycles. The number of alkyl halides is 2. The summed E-state index contributed by atoms with van der Waals surface area (Å²) in [7, 11) is -0.237. The molecule has 0 nitrogen and oxygen atoms in total. The SMILES string of the molecule is Cl[C@@H]1[C@H](Cl)P1c1ccccc1. The van der Waals surface area contributed by atoms with E-state index in [1.807, 2.05) is 18.2 Å². The van der Waals surface area contributed by atoms with Gasteiger partial charge < -0.3 is 0 Å². The van der Waals surface area contributed by atoms with Crippen LogP contribution in [-0.2, 0) is 0 Å². The fourth-order valence-corrected chi connectivity index (χ4v) is 4.61. The number of hydrogen-bond acceptors (Lipinski definition) is 0. The molecule has 1 aromatic rings. The van der Waals surface area contributed by atoms with E-state index in [-0.39, 0.29) is 18.2 Å². The van der Waals surface area contributed by atoms with Crippen LogP contribution in [0.3, 0.4) is 0 Å². The first-order chi connectivity index (χ1) is 5.30. The number of benzene rings is 1. The van der Waals surface area contributed by atoms with Crippen molar-refractivity contribution in [2.45, 2.75) is 10.2 Å². The molecule has 1 aliphatic heterocycles. The number of hydrogen-bond donors (Lipinski definition) is 0. The van der Waals surface area contributed by atoms with Crippen LogP contribution in [0.2, 0.25) is 0 Å². The maximum Gasteiger partial charge on any atom is 0.0795 e. The standard InChI is InChI=1S/C8H7Cl2P/c9-7-8(10)11(7)6-4-2-1-3-5-6/h1-5,7-8H/t7-,8+,11?.